The molecule has 210 valence electrons. The van der Waals surface area contributed by atoms with E-state index >= 15 is 0 Å². The number of piperidine rings is 1. The van der Waals surface area contributed by atoms with Gasteiger partial charge in [-0.1, -0.05) is 35.4 Å². The molecule has 5 rings (SSSR count). The summed E-state index contributed by atoms with van der Waals surface area (Å²) in [7, 11) is -7.93. The Morgan fingerprint density at radius 2 is 1.51 bits per heavy atom. The largest absolute Gasteiger partial charge is 0.510 e. The minimum atomic E-state index is -4.07. The summed E-state index contributed by atoms with van der Waals surface area (Å²) in [4.78, 5) is 13.1. The first-order valence-electron chi connectivity index (χ1n) is 13.2. The molecular weight excluding hydrogens is 540 g/mol. The highest BCUT2D eigenvalue weighted by Crippen LogP contribution is 2.57. The number of esters is 1. The molecule has 3 aliphatic rings. The van der Waals surface area contributed by atoms with E-state index in [1.807, 2.05) is 13.8 Å². The number of hydrogen-bond acceptors (Lipinski definition) is 7. The summed E-state index contributed by atoms with van der Waals surface area (Å²) >= 11 is 0. The van der Waals surface area contributed by atoms with Gasteiger partial charge >= 0.3 is 5.97 Å². The van der Waals surface area contributed by atoms with Gasteiger partial charge < -0.3 is 9.84 Å². The van der Waals surface area contributed by atoms with Crippen molar-refractivity contribution in [3.05, 3.63) is 71.0 Å². The van der Waals surface area contributed by atoms with E-state index in [1.54, 1.807) is 43.3 Å². The van der Waals surface area contributed by atoms with Gasteiger partial charge in [0.25, 0.3) is 0 Å². The Morgan fingerprint density at radius 1 is 0.949 bits per heavy atom. The van der Waals surface area contributed by atoms with Crippen molar-refractivity contribution in [2.75, 3.05) is 26.2 Å². The number of sulfonamides is 2. The van der Waals surface area contributed by atoms with Crippen molar-refractivity contribution >= 4 is 26.0 Å². The van der Waals surface area contributed by atoms with Gasteiger partial charge in [-0.05, 0) is 70.2 Å². The Bertz CT molecular complexity index is 1520. The molecule has 2 fully saturated rings. The van der Waals surface area contributed by atoms with Crippen LogP contribution in [0.4, 0.5) is 0 Å². The molecule has 2 aliphatic heterocycles. The lowest BCUT2D eigenvalue weighted by Gasteiger charge is -2.52. The predicted molar refractivity (Wildman–Crippen MR) is 145 cm³/mol. The lowest BCUT2D eigenvalue weighted by atomic mass is 9.61. The summed E-state index contributed by atoms with van der Waals surface area (Å²) in [6, 6.07) is 12.0. The maximum absolute atomic E-state index is 13.9. The fraction of sp³-hybridized carbons (Fsp3) is 0.464. The van der Waals surface area contributed by atoms with Crippen molar-refractivity contribution in [3.8, 4) is 0 Å². The van der Waals surface area contributed by atoms with Crippen molar-refractivity contribution in [1.29, 1.82) is 0 Å². The zero-order valence-electron chi connectivity index (χ0n) is 22.3. The highest BCUT2D eigenvalue weighted by atomic mass is 32.2. The second-order valence-corrected chi connectivity index (χ2v) is 14.6. The van der Waals surface area contributed by atoms with Crippen molar-refractivity contribution in [1.82, 2.24) is 8.61 Å². The van der Waals surface area contributed by atoms with Gasteiger partial charge in [-0.3, -0.25) is 0 Å². The third-order valence-electron chi connectivity index (χ3n) is 8.47. The molecule has 0 aromatic heterocycles. The third-order valence-corrected chi connectivity index (χ3v) is 12.2. The van der Waals surface area contributed by atoms with Crippen LogP contribution >= 0.6 is 0 Å². The summed E-state index contributed by atoms with van der Waals surface area (Å²) in [5, 5.41) is 11.5. The van der Waals surface area contributed by atoms with E-state index in [0.717, 1.165) is 11.1 Å². The first-order chi connectivity index (χ1) is 18.4. The quantitative estimate of drug-likeness (QED) is 0.524. The first-order valence-corrected chi connectivity index (χ1v) is 16.0. The molecule has 0 amide bonds. The minimum Gasteiger partial charge on any atom is -0.510 e. The summed E-state index contributed by atoms with van der Waals surface area (Å²) in [5.74, 6) is -1.22. The van der Waals surface area contributed by atoms with Crippen LogP contribution < -0.4 is 0 Å². The molecule has 0 bridgehead atoms. The Kier molecular flexibility index (Phi) is 7.15. The highest BCUT2D eigenvalue weighted by Gasteiger charge is 2.62. The van der Waals surface area contributed by atoms with Gasteiger partial charge in [0, 0.05) is 25.0 Å². The van der Waals surface area contributed by atoms with E-state index < -0.39 is 37.5 Å². The number of aliphatic hydroxyl groups is 1. The Hall–Kier alpha value is -2.73. The van der Waals surface area contributed by atoms with Crippen LogP contribution in [0.15, 0.2) is 69.7 Å². The average molecular weight is 575 g/mol. The summed E-state index contributed by atoms with van der Waals surface area (Å²) in [6.07, 6.45) is 0.988. The van der Waals surface area contributed by atoms with Crippen molar-refractivity contribution < 1.29 is 31.5 Å². The van der Waals surface area contributed by atoms with Crippen molar-refractivity contribution in [2.45, 2.75) is 55.9 Å². The lowest BCUT2D eigenvalue weighted by molar-refractivity contribution is -0.139. The van der Waals surface area contributed by atoms with E-state index in [9.17, 15) is 26.7 Å². The molecule has 2 aromatic carbocycles. The number of carbonyl (C=O) groups excluding carboxylic acids is 1. The molecule has 1 N–H and O–H groups in total. The Balaban J connectivity index is 1.60. The normalized spacial score (nSPS) is 26.2. The third kappa shape index (κ3) is 4.59. The smallest absolute Gasteiger partial charge is 0.337 e. The number of nitrogens with zero attached hydrogens (tertiary/aromatic N) is 2. The monoisotopic (exact) mass is 574 g/mol. The SMILES string of the molecule is CCOC(=O)C1=C(O)[C@H]2N(S(=O)(=O)c3ccc(C)cc3)CCC23CN(S(=O)(=O)c2ccc(C)cc2)CC[C@H]3C1. The first kappa shape index (κ1) is 27.8. The molecule has 1 unspecified atom stereocenters. The topological polar surface area (TPSA) is 121 Å². The van der Waals surface area contributed by atoms with Crippen LogP contribution in [-0.2, 0) is 29.6 Å². The van der Waals surface area contributed by atoms with Crippen LogP contribution in [0, 0.1) is 25.2 Å². The lowest BCUT2D eigenvalue weighted by Crippen LogP contribution is -2.59. The van der Waals surface area contributed by atoms with Crippen molar-refractivity contribution in [3.63, 3.8) is 0 Å². The second-order valence-electron chi connectivity index (χ2n) is 10.7. The number of hydrogen-bond donors (Lipinski definition) is 1. The van der Waals surface area contributed by atoms with E-state index in [0.29, 0.717) is 12.8 Å². The second kappa shape index (κ2) is 10.0. The number of carbonyl (C=O) groups is 1. The molecule has 2 heterocycles. The number of rotatable bonds is 6. The van der Waals surface area contributed by atoms with E-state index in [1.165, 1.54) is 20.7 Å². The molecule has 39 heavy (non-hydrogen) atoms. The molecule has 1 aliphatic carbocycles. The molecule has 9 nitrogen and oxygen atoms in total. The van der Waals surface area contributed by atoms with Crippen LogP contribution in [0.1, 0.15) is 37.3 Å². The molecule has 2 aromatic rings. The van der Waals surface area contributed by atoms with Crippen LogP contribution in [0.5, 0.6) is 0 Å². The van der Waals surface area contributed by atoms with Crippen LogP contribution in [0.3, 0.4) is 0 Å². The van der Waals surface area contributed by atoms with Gasteiger partial charge in [-0.15, -0.1) is 0 Å². The fourth-order valence-electron chi connectivity index (χ4n) is 6.39. The number of aliphatic hydroxyl groups excluding tert-OH is 1. The Labute approximate surface area is 230 Å². The van der Waals surface area contributed by atoms with Gasteiger partial charge in [-0.25, -0.2) is 21.6 Å². The summed E-state index contributed by atoms with van der Waals surface area (Å²) < 4.78 is 63.0. The Morgan fingerprint density at radius 3 is 2.08 bits per heavy atom. The molecule has 0 radical (unpaired) electrons. The standard InChI is InChI=1S/C28H34N2O7S2/c1-4-37-27(32)24-17-21-13-15-29(38(33,34)22-9-5-19(2)6-10-22)18-28(21)14-16-30(26(28)25(24)31)39(35,36)23-11-7-20(3)8-12-23/h5-12,21,26,31H,4,13-18H2,1-3H3/t21-,26+,28?/m0/s1. The van der Waals surface area contributed by atoms with Gasteiger partial charge in [0.15, 0.2) is 0 Å². The molecule has 1 spiro atoms. The highest BCUT2D eigenvalue weighted by molar-refractivity contribution is 7.89. The number of ether oxygens (including phenoxy) is 1. The molecule has 11 heteroatoms. The summed E-state index contributed by atoms with van der Waals surface area (Å²) in [6.45, 7) is 5.89. The van der Waals surface area contributed by atoms with E-state index in [-0.39, 0.29) is 59.7 Å². The van der Waals surface area contributed by atoms with Gasteiger partial charge in [0.05, 0.1) is 28.0 Å². The van der Waals surface area contributed by atoms with E-state index in [2.05, 4.69) is 0 Å². The zero-order chi connectivity index (χ0) is 28.2. The molecule has 2 saturated heterocycles. The molecular formula is C28H34N2O7S2. The number of benzene rings is 2. The minimum absolute atomic E-state index is 0.0403. The zero-order valence-corrected chi connectivity index (χ0v) is 24.0. The fourth-order valence-corrected chi connectivity index (χ4v) is 9.60. The van der Waals surface area contributed by atoms with Crippen molar-refractivity contribution in [2.24, 2.45) is 11.3 Å². The average Bonchev–Trinajstić information content (AvgIpc) is 3.29. The summed E-state index contributed by atoms with van der Waals surface area (Å²) in [5.41, 5.74) is 1.02. The molecule has 3 atom stereocenters. The van der Waals surface area contributed by atoms with Crippen LogP contribution in [-0.4, -0.2) is 68.8 Å². The number of aryl methyl sites for hydroxylation is 2. The van der Waals surface area contributed by atoms with E-state index in [4.69, 9.17) is 4.74 Å². The maximum Gasteiger partial charge on any atom is 0.337 e. The molecule has 0 saturated carbocycles. The van der Waals surface area contributed by atoms with Gasteiger partial charge in [0.1, 0.15) is 5.76 Å². The van der Waals surface area contributed by atoms with Crippen LogP contribution in [0.2, 0.25) is 0 Å². The van der Waals surface area contributed by atoms with Gasteiger partial charge in [0.2, 0.25) is 20.0 Å². The van der Waals surface area contributed by atoms with Crippen LogP contribution in [0.25, 0.3) is 0 Å². The van der Waals surface area contributed by atoms with Gasteiger partial charge in [-0.2, -0.15) is 8.61 Å². The maximum atomic E-state index is 13.9. The predicted octanol–water partition coefficient (Wildman–Crippen LogP) is 3.54.